The molecule has 4 rings (SSSR count). The van der Waals surface area contributed by atoms with E-state index in [1.165, 1.54) is 9.87 Å². The largest absolute Gasteiger partial charge is 0.341 e. The van der Waals surface area contributed by atoms with Crippen molar-refractivity contribution in [3.05, 3.63) is 94.5 Å². The fourth-order valence-electron chi connectivity index (χ4n) is 4.56. The summed E-state index contributed by atoms with van der Waals surface area (Å²) in [5, 5.41) is 0.459. The van der Waals surface area contributed by atoms with Crippen molar-refractivity contribution in [3.63, 3.8) is 0 Å². The molecule has 1 aliphatic heterocycles. The van der Waals surface area contributed by atoms with Crippen molar-refractivity contribution in [1.82, 2.24) is 4.90 Å². The van der Waals surface area contributed by atoms with Crippen LogP contribution in [0.1, 0.15) is 29.5 Å². The number of carbonyl (C=O) groups excluding carboxylic acids is 1. The molecule has 35 heavy (non-hydrogen) atoms. The van der Waals surface area contributed by atoms with Crippen molar-refractivity contribution >= 4 is 33.2 Å². The van der Waals surface area contributed by atoms with Crippen LogP contribution in [0, 0.1) is 19.8 Å². The molecule has 0 radical (unpaired) electrons. The Bertz CT molecular complexity index is 1270. The van der Waals surface area contributed by atoms with E-state index in [0.717, 1.165) is 24.8 Å². The highest BCUT2D eigenvalue weighted by molar-refractivity contribution is 7.92. The Hall–Kier alpha value is -2.83. The number of halogens is 1. The van der Waals surface area contributed by atoms with Gasteiger partial charge in [0.05, 0.1) is 10.6 Å². The minimum absolute atomic E-state index is 0.150. The van der Waals surface area contributed by atoms with Gasteiger partial charge in [0, 0.05) is 18.1 Å². The van der Waals surface area contributed by atoms with Gasteiger partial charge in [-0.1, -0.05) is 65.7 Å². The standard InChI is InChI=1S/C28H31ClN2O3S/c1-21-11-13-25(14-12-21)35(33,34)31(27-10-6-9-26(29)22(27)2)20-28(32)30-17-15-24(16-18-30)19-23-7-4-3-5-8-23/h3-14,24H,15-20H2,1-2H3. The monoisotopic (exact) mass is 510 g/mol. The lowest BCUT2D eigenvalue weighted by atomic mass is 9.90. The van der Waals surface area contributed by atoms with Gasteiger partial charge < -0.3 is 4.90 Å². The van der Waals surface area contributed by atoms with Gasteiger partial charge in [0.1, 0.15) is 6.54 Å². The highest BCUT2D eigenvalue weighted by Gasteiger charge is 2.31. The van der Waals surface area contributed by atoms with E-state index in [1.54, 1.807) is 54.3 Å². The number of sulfonamides is 1. The second-order valence-corrected chi connectivity index (χ2v) is 11.5. The number of aryl methyl sites for hydroxylation is 1. The van der Waals surface area contributed by atoms with Gasteiger partial charge in [0.15, 0.2) is 0 Å². The van der Waals surface area contributed by atoms with E-state index in [1.807, 2.05) is 13.0 Å². The van der Waals surface area contributed by atoms with Crippen LogP contribution in [0.2, 0.25) is 5.02 Å². The molecule has 0 spiro atoms. The number of hydrogen-bond acceptors (Lipinski definition) is 3. The van der Waals surface area contributed by atoms with E-state index >= 15 is 0 Å². The summed E-state index contributed by atoms with van der Waals surface area (Å²) in [4.78, 5) is 15.3. The molecule has 0 unspecified atom stereocenters. The lowest BCUT2D eigenvalue weighted by molar-refractivity contribution is -0.130. The zero-order valence-corrected chi connectivity index (χ0v) is 21.7. The molecular formula is C28H31ClN2O3S. The van der Waals surface area contributed by atoms with Crippen LogP contribution in [0.3, 0.4) is 0 Å². The number of nitrogens with zero attached hydrogens (tertiary/aromatic N) is 2. The fourth-order valence-corrected chi connectivity index (χ4v) is 6.20. The molecule has 1 saturated heterocycles. The van der Waals surface area contributed by atoms with E-state index in [-0.39, 0.29) is 17.3 Å². The van der Waals surface area contributed by atoms with Crippen molar-refractivity contribution in [2.75, 3.05) is 23.9 Å². The number of hydrogen-bond donors (Lipinski definition) is 0. The maximum Gasteiger partial charge on any atom is 0.264 e. The van der Waals surface area contributed by atoms with Gasteiger partial charge in [-0.05, 0) is 74.4 Å². The van der Waals surface area contributed by atoms with E-state index in [2.05, 4.69) is 24.3 Å². The first kappa shape index (κ1) is 25.3. The Morgan fingerprint density at radius 1 is 0.943 bits per heavy atom. The predicted molar refractivity (Wildman–Crippen MR) is 141 cm³/mol. The van der Waals surface area contributed by atoms with Crippen LogP contribution in [0.4, 0.5) is 5.69 Å². The second kappa shape index (κ2) is 10.8. The third kappa shape index (κ3) is 5.88. The van der Waals surface area contributed by atoms with Gasteiger partial charge >= 0.3 is 0 Å². The molecule has 0 atom stereocenters. The summed E-state index contributed by atoms with van der Waals surface area (Å²) < 4.78 is 28.6. The summed E-state index contributed by atoms with van der Waals surface area (Å²) in [5.41, 5.74) is 3.32. The first-order valence-corrected chi connectivity index (χ1v) is 13.7. The van der Waals surface area contributed by atoms with Crippen molar-refractivity contribution < 1.29 is 13.2 Å². The average Bonchev–Trinajstić information content (AvgIpc) is 2.85. The number of carbonyl (C=O) groups is 1. The Balaban J connectivity index is 1.53. The van der Waals surface area contributed by atoms with Crippen LogP contribution in [0.5, 0.6) is 0 Å². The lowest BCUT2D eigenvalue weighted by Gasteiger charge is -2.34. The van der Waals surface area contributed by atoms with Crippen molar-refractivity contribution in [2.24, 2.45) is 5.92 Å². The van der Waals surface area contributed by atoms with Crippen molar-refractivity contribution in [1.29, 1.82) is 0 Å². The second-order valence-electron chi connectivity index (χ2n) is 9.22. The summed E-state index contributed by atoms with van der Waals surface area (Å²) >= 11 is 6.33. The average molecular weight is 511 g/mol. The third-order valence-corrected chi connectivity index (χ3v) is 8.91. The van der Waals surface area contributed by atoms with Crippen molar-refractivity contribution in [3.8, 4) is 0 Å². The van der Waals surface area contributed by atoms with E-state index < -0.39 is 10.0 Å². The molecule has 5 nitrogen and oxygen atoms in total. The van der Waals surface area contributed by atoms with E-state index in [4.69, 9.17) is 11.6 Å². The van der Waals surface area contributed by atoms with Crippen LogP contribution in [0.15, 0.2) is 77.7 Å². The summed E-state index contributed by atoms with van der Waals surface area (Å²) in [6.07, 6.45) is 2.81. The van der Waals surface area contributed by atoms with Crippen LogP contribution < -0.4 is 4.31 Å². The molecular weight excluding hydrogens is 480 g/mol. The van der Waals surface area contributed by atoms with Crippen LogP contribution in [0.25, 0.3) is 0 Å². The molecule has 0 bridgehead atoms. The molecule has 1 fully saturated rings. The predicted octanol–water partition coefficient (Wildman–Crippen LogP) is 5.63. The number of anilines is 1. The molecule has 7 heteroatoms. The summed E-state index contributed by atoms with van der Waals surface area (Å²) in [5.74, 6) is 0.322. The Labute approximate surface area is 213 Å². The molecule has 3 aromatic carbocycles. The highest BCUT2D eigenvalue weighted by atomic mass is 35.5. The summed E-state index contributed by atoms with van der Waals surface area (Å²) in [6.45, 7) is 4.67. The van der Waals surface area contributed by atoms with Crippen LogP contribution in [-0.4, -0.2) is 38.9 Å². The highest BCUT2D eigenvalue weighted by Crippen LogP contribution is 2.31. The quantitative estimate of drug-likeness (QED) is 0.413. The number of benzene rings is 3. The summed E-state index contributed by atoms with van der Waals surface area (Å²) in [7, 11) is -3.97. The molecule has 1 amide bonds. The molecule has 1 aliphatic rings. The minimum atomic E-state index is -3.97. The molecule has 1 heterocycles. The Kier molecular flexibility index (Phi) is 7.82. The van der Waals surface area contributed by atoms with Gasteiger partial charge in [0.25, 0.3) is 10.0 Å². The number of piperidine rings is 1. The van der Waals surface area contributed by atoms with Gasteiger partial charge in [-0.2, -0.15) is 0 Å². The number of amides is 1. The zero-order valence-electron chi connectivity index (χ0n) is 20.2. The van der Waals surface area contributed by atoms with Crippen LogP contribution in [-0.2, 0) is 21.2 Å². The number of rotatable bonds is 7. The normalized spacial score (nSPS) is 14.7. The smallest absolute Gasteiger partial charge is 0.264 e. The van der Waals surface area contributed by atoms with E-state index in [0.29, 0.717) is 35.3 Å². The molecule has 184 valence electrons. The minimum Gasteiger partial charge on any atom is -0.341 e. The lowest BCUT2D eigenvalue weighted by Crippen LogP contribution is -2.46. The van der Waals surface area contributed by atoms with Crippen molar-refractivity contribution in [2.45, 2.75) is 38.0 Å². The van der Waals surface area contributed by atoms with Gasteiger partial charge in [-0.15, -0.1) is 0 Å². The molecule has 3 aromatic rings. The fraction of sp³-hybridized carbons (Fsp3) is 0.321. The SMILES string of the molecule is Cc1ccc(S(=O)(=O)N(CC(=O)N2CCC(Cc3ccccc3)CC2)c2cccc(Cl)c2C)cc1. The molecule has 0 N–H and O–H groups in total. The molecule has 0 saturated carbocycles. The zero-order chi connectivity index (χ0) is 25.0. The summed E-state index contributed by atoms with van der Waals surface area (Å²) in [6, 6.07) is 22.2. The van der Waals surface area contributed by atoms with Gasteiger partial charge in [-0.3, -0.25) is 9.10 Å². The Morgan fingerprint density at radius 3 is 2.26 bits per heavy atom. The first-order valence-electron chi connectivity index (χ1n) is 11.9. The van der Waals surface area contributed by atoms with Gasteiger partial charge in [0.2, 0.25) is 5.91 Å². The van der Waals surface area contributed by atoms with E-state index in [9.17, 15) is 13.2 Å². The first-order chi connectivity index (χ1) is 16.8. The Morgan fingerprint density at radius 2 is 1.60 bits per heavy atom. The topological polar surface area (TPSA) is 57.7 Å². The molecule has 0 aromatic heterocycles. The van der Waals surface area contributed by atoms with Crippen LogP contribution >= 0.6 is 11.6 Å². The van der Waals surface area contributed by atoms with Gasteiger partial charge in [-0.25, -0.2) is 8.42 Å². The third-order valence-electron chi connectivity index (χ3n) is 6.73. The number of likely N-dealkylation sites (tertiary alicyclic amines) is 1. The maximum absolute atomic E-state index is 13.7. The maximum atomic E-state index is 13.7. The molecule has 0 aliphatic carbocycles.